The van der Waals surface area contributed by atoms with E-state index in [1.807, 2.05) is 6.07 Å². The first kappa shape index (κ1) is 12.6. The van der Waals surface area contributed by atoms with Gasteiger partial charge >= 0.3 is 0 Å². The number of anilines is 2. The van der Waals surface area contributed by atoms with E-state index in [9.17, 15) is 0 Å². The fraction of sp³-hybridized carbons (Fsp3) is 0.571. The van der Waals surface area contributed by atoms with Crippen LogP contribution in [0, 0.1) is 6.92 Å². The highest BCUT2D eigenvalue weighted by Gasteiger charge is 2.24. The molecule has 0 radical (unpaired) electrons. The molecule has 1 aliphatic rings. The number of nitrogens with zero attached hydrogens (tertiary/aromatic N) is 1. The smallest absolute Gasteiger partial charge is 0.0602 e. The summed E-state index contributed by atoms with van der Waals surface area (Å²) in [5.41, 5.74) is 9.49. The molecule has 0 atom stereocenters. The van der Waals surface area contributed by atoms with Gasteiger partial charge in [-0.15, -0.1) is 0 Å². The number of nitrogen functional groups attached to an aromatic ring is 1. The van der Waals surface area contributed by atoms with E-state index in [2.05, 4.69) is 49.6 Å². The molecule has 1 heterocycles. The number of nitrogens with two attached hydrogens (primary N) is 1. The third-order valence-corrected chi connectivity index (χ3v) is 4.74. The van der Waals surface area contributed by atoms with Gasteiger partial charge in [0.25, 0.3) is 0 Å². The first-order valence-electron chi connectivity index (χ1n) is 6.23. The van der Waals surface area contributed by atoms with E-state index in [4.69, 9.17) is 5.73 Å². The van der Waals surface area contributed by atoms with Crippen LogP contribution in [0.4, 0.5) is 11.4 Å². The molecular weight excluding hydrogens is 228 g/mol. The van der Waals surface area contributed by atoms with Gasteiger partial charge in [-0.05, 0) is 31.0 Å². The summed E-state index contributed by atoms with van der Waals surface area (Å²) in [5, 5.41) is 0. The summed E-state index contributed by atoms with van der Waals surface area (Å²) in [4.78, 5) is 2.43. The molecule has 2 N–H and O–H groups in total. The molecule has 0 spiro atoms. The van der Waals surface area contributed by atoms with Crippen molar-refractivity contribution in [2.24, 2.45) is 0 Å². The molecule has 1 aliphatic heterocycles. The van der Waals surface area contributed by atoms with E-state index < -0.39 is 0 Å². The molecule has 17 heavy (non-hydrogen) atoms. The summed E-state index contributed by atoms with van der Waals surface area (Å²) in [6.45, 7) is 9.00. The number of thioether (sulfide) groups is 1. The standard InChI is InChI=1S/C14H22N2S/c1-11-4-5-12(15)13(10-11)16-7-6-14(2,3)17-9-8-16/h4-5,10H,6-9,15H2,1-3H3. The summed E-state index contributed by atoms with van der Waals surface area (Å²) >= 11 is 2.07. The molecule has 0 bridgehead atoms. The summed E-state index contributed by atoms with van der Waals surface area (Å²) in [7, 11) is 0. The zero-order valence-electron chi connectivity index (χ0n) is 11.0. The average Bonchev–Trinajstić information content (AvgIpc) is 2.43. The normalized spacial score (nSPS) is 20.1. The summed E-state index contributed by atoms with van der Waals surface area (Å²) in [6, 6.07) is 6.31. The first-order valence-corrected chi connectivity index (χ1v) is 7.21. The van der Waals surface area contributed by atoms with Crippen LogP contribution in [-0.2, 0) is 0 Å². The van der Waals surface area contributed by atoms with Gasteiger partial charge in [-0.1, -0.05) is 19.9 Å². The summed E-state index contributed by atoms with van der Waals surface area (Å²) in [5.74, 6) is 1.18. The second-order valence-corrected chi connectivity index (χ2v) is 7.21. The van der Waals surface area contributed by atoms with Gasteiger partial charge < -0.3 is 10.6 Å². The Morgan fingerprint density at radius 3 is 2.82 bits per heavy atom. The number of rotatable bonds is 1. The van der Waals surface area contributed by atoms with Gasteiger partial charge in [-0.25, -0.2) is 0 Å². The van der Waals surface area contributed by atoms with Crippen molar-refractivity contribution >= 4 is 23.1 Å². The van der Waals surface area contributed by atoms with Crippen LogP contribution < -0.4 is 10.6 Å². The Hall–Kier alpha value is -0.830. The van der Waals surface area contributed by atoms with E-state index >= 15 is 0 Å². The van der Waals surface area contributed by atoms with Crippen LogP contribution in [0.25, 0.3) is 0 Å². The maximum Gasteiger partial charge on any atom is 0.0602 e. The van der Waals surface area contributed by atoms with E-state index in [0.29, 0.717) is 4.75 Å². The van der Waals surface area contributed by atoms with Crippen molar-refractivity contribution in [2.45, 2.75) is 31.9 Å². The molecule has 2 nitrogen and oxygen atoms in total. The second-order valence-electron chi connectivity index (χ2n) is 5.41. The average molecular weight is 250 g/mol. The number of hydrogen-bond acceptors (Lipinski definition) is 3. The minimum atomic E-state index is 0.396. The van der Waals surface area contributed by atoms with Crippen molar-refractivity contribution in [1.82, 2.24) is 0 Å². The minimum Gasteiger partial charge on any atom is -0.397 e. The lowest BCUT2D eigenvalue weighted by Gasteiger charge is -2.25. The van der Waals surface area contributed by atoms with Crippen LogP contribution in [0.2, 0.25) is 0 Å². The summed E-state index contributed by atoms with van der Waals surface area (Å²) in [6.07, 6.45) is 1.21. The van der Waals surface area contributed by atoms with Crippen molar-refractivity contribution in [3.63, 3.8) is 0 Å². The Morgan fingerprint density at radius 1 is 1.29 bits per heavy atom. The Bertz CT molecular complexity index is 401. The van der Waals surface area contributed by atoms with Gasteiger partial charge in [0, 0.05) is 23.6 Å². The van der Waals surface area contributed by atoms with Gasteiger partial charge in [0.2, 0.25) is 0 Å². The molecule has 3 heteroatoms. The van der Waals surface area contributed by atoms with Crippen LogP contribution in [0.1, 0.15) is 25.8 Å². The SMILES string of the molecule is Cc1ccc(N)c(N2CCSC(C)(C)CC2)c1. The van der Waals surface area contributed by atoms with Crippen molar-refractivity contribution in [2.75, 3.05) is 29.5 Å². The Labute approximate surface area is 109 Å². The molecule has 0 saturated carbocycles. The van der Waals surface area contributed by atoms with Gasteiger partial charge in [0.15, 0.2) is 0 Å². The topological polar surface area (TPSA) is 29.3 Å². The molecule has 1 fully saturated rings. The quantitative estimate of drug-likeness (QED) is 0.775. The van der Waals surface area contributed by atoms with E-state index in [1.165, 1.54) is 23.4 Å². The van der Waals surface area contributed by atoms with E-state index in [1.54, 1.807) is 0 Å². The van der Waals surface area contributed by atoms with Crippen LogP contribution in [-0.4, -0.2) is 23.6 Å². The summed E-state index contributed by atoms with van der Waals surface area (Å²) < 4.78 is 0.396. The predicted octanol–water partition coefficient (Wildman–Crippen LogP) is 3.30. The molecular formula is C14H22N2S. The molecule has 0 unspecified atom stereocenters. The van der Waals surface area contributed by atoms with Gasteiger partial charge in [0.05, 0.1) is 11.4 Å². The highest BCUT2D eigenvalue weighted by molar-refractivity contribution is 8.00. The fourth-order valence-electron chi connectivity index (χ4n) is 2.19. The zero-order chi connectivity index (χ0) is 12.5. The third kappa shape index (κ3) is 3.09. The van der Waals surface area contributed by atoms with Crippen molar-refractivity contribution in [3.8, 4) is 0 Å². The highest BCUT2D eigenvalue weighted by Crippen LogP contribution is 2.34. The molecule has 0 amide bonds. The minimum absolute atomic E-state index is 0.396. The maximum absolute atomic E-state index is 6.09. The van der Waals surface area contributed by atoms with Crippen LogP contribution in [0.15, 0.2) is 18.2 Å². The lowest BCUT2D eigenvalue weighted by Crippen LogP contribution is -2.27. The molecule has 1 saturated heterocycles. The van der Waals surface area contributed by atoms with Gasteiger partial charge in [-0.2, -0.15) is 11.8 Å². The Kier molecular flexibility index (Phi) is 3.57. The monoisotopic (exact) mass is 250 g/mol. The first-order chi connectivity index (χ1) is 7.98. The molecule has 94 valence electrons. The molecule has 0 aromatic heterocycles. The molecule has 0 aliphatic carbocycles. The number of aryl methyl sites for hydroxylation is 1. The Balaban J connectivity index is 2.19. The highest BCUT2D eigenvalue weighted by atomic mass is 32.2. The van der Waals surface area contributed by atoms with Crippen molar-refractivity contribution in [3.05, 3.63) is 23.8 Å². The zero-order valence-corrected chi connectivity index (χ0v) is 11.8. The largest absolute Gasteiger partial charge is 0.397 e. The molecule has 1 aromatic rings. The van der Waals surface area contributed by atoms with Gasteiger partial charge in [-0.3, -0.25) is 0 Å². The van der Waals surface area contributed by atoms with Crippen LogP contribution >= 0.6 is 11.8 Å². The molecule has 2 rings (SSSR count). The van der Waals surface area contributed by atoms with Crippen molar-refractivity contribution < 1.29 is 0 Å². The van der Waals surface area contributed by atoms with E-state index in [-0.39, 0.29) is 0 Å². The van der Waals surface area contributed by atoms with Gasteiger partial charge in [0.1, 0.15) is 0 Å². The third-order valence-electron chi connectivity index (χ3n) is 3.36. The lowest BCUT2D eigenvalue weighted by atomic mass is 10.1. The van der Waals surface area contributed by atoms with E-state index in [0.717, 1.165) is 18.8 Å². The lowest BCUT2D eigenvalue weighted by molar-refractivity contribution is 0.638. The number of hydrogen-bond donors (Lipinski definition) is 1. The molecule has 1 aromatic carbocycles. The number of benzene rings is 1. The second kappa shape index (κ2) is 4.81. The van der Waals surface area contributed by atoms with Crippen LogP contribution in [0.5, 0.6) is 0 Å². The van der Waals surface area contributed by atoms with Crippen molar-refractivity contribution in [1.29, 1.82) is 0 Å². The van der Waals surface area contributed by atoms with Crippen LogP contribution in [0.3, 0.4) is 0 Å². The maximum atomic E-state index is 6.09. The predicted molar refractivity (Wildman–Crippen MR) is 79.0 cm³/mol. The Morgan fingerprint density at radius 2 is 2.06 bits per heavy atom. The fourth-order valence-corrected chi connectivity index (χ4v) is 3.29.